The number of carbonyl (C=O) groups excluding carboxylic acids is 2. The van der Waals surface area contributed by atoms with Gasteiger partial charge in [0.2, 0.25) is 0 Å². The zero-order valence-electron chi connectivity index (χ0n) is 12.1. The third-order valence-electron chi connectivity index (χ3n) is 2.74. The summed E-state index contributed by atoms with van der Waals surface area (Å²) in [5.74, 6) is -1.64. The number of nitro benzene ring substituents is 1. The molecule has 2 rings (SSSR count). The molecule has 1 aromatic carbocycles. The van der Waals surface area contributed by atoms with E-state index in [-0.39, 0.29) is 18.0 Å². The van der Waals surface area contributed by atoms with Gasteiger partial charge in [0.05, 0.1) is 22.6 Å². The van der Waals surface area contributed by atoms with Crippen LogP contribution in [0.25, 0.3) is 0 Å². The second-order valence-electron chi connectivity index (χ2n) is 4.44. The lowest BCUT2D eigenvalue weighted by Gasteiger charge is -2.06. The summed E-state index contributed by atoms with van der Waals surface area (Å²) in [7, 11) is 0. The summed E-state index contributed by atoms with van der Waals surface area (Å²) in [6.07, 6.45) is 1.16. The van der Waals surface area contributed by atoms with Gasteiger partial charge in [-0.2, -0.15) is 5.10 Å². The van der Waals surface area contributed by atoms with Gasteiger partial charge in [0.25, 0.3) is 17.5 Å². The van der Waals surface area contributed by atoms with Gasteiger partial charge in [0.15, 0.2) is 0 Å². The topological polar surface area (TPSA) is 137 Å². The van der Waals surface area contributed by atoms with Gasteiger partial charge in [0.1, 0.15) is 0 Å². The molecule has 0 aliphatic carbocycles. The first-order chi connectivity index (χ1) is 11.5. The number of benzene rings is 1. The van der Waals surface area contributed by atoms with Crippen molar-refractivity contribution >= 4 is 35.1 Å². The SMILES string of the molecule is O=C(CNC(=O)c1cccs1)N/N=C\c1ccc([O-])c([N+](=O)[O-])c1. The number of thiophene rings is 1. The predicted octanol–water partition coefficient (Wildman–Crippen LogP) is 0.610. The van der Waals surface area contributed by atoms with Crippen LogP contribution in [0.2, 0.25) is 0 Å². The van der Waals surface area contributed by atoms with E-state index in [4.69, 9.17) is 0 Å². The van der Waals surface area contributed by atoms with Crippen LogP contribution in [0, 0.1) is 10.1 Å². The largest absolute Gasteiger partial charge is 0.868 e. The van der Waals surface area contributed by atoms with Gasteiger partial charge in [-0.15, -0.1) is 11.3 Å². The number of rotatable bonds is 6. The maximum Gasteiger partial charge on any atom is 0.262 e. The van der Waals surface area contributed by atoms with E-state index in [2.05, 4.69) is 15.8 Å². The molecule has 0 aliphatic rings. The molecule has 0 fully saturated rings. The van der Waals surface area contributed by atoms with Crippen molar-refractivity contribution in [2.45, 2.75) is 0 Å². The van der Waals surface area contributed by atoms with Crippen molar-refractivity contribution in [3.63, 3.8) is 0 Å². The Labute approximate surface area is 139 Å². The van der Waals surface area contributed by atoms with Gasteiger partial charge in [-0.1, -0.05) is 18.2 Å². The van der Waals surface area contributed by atoms with Crippen LogP contribution in [0.15, 0.2) is 40.8 Å². The maximum atomic E-state index is 11.6. The van der Waals surface area contributed by atoms with Crippen LogP contribution in [-0.4, -0.2) is 29.5 Å². The van der Waals surface area contributed by atoms with Crippen LogP contribution in [0.4, 0.5) is 5.69 Å². The van der Waals surface area contributed by atoms with Crippen molar-refractivity contribution in [1.82, 2.24) is 10.7 Å². The summed E-state index contributed by atoms with van der Waals surface area (Å²) in [5, 5.41) is 29.7. The van der Waals surface area contributed by atoms with Gasteiger partial charge in [0, 0.05) is 11.6 Å². The van der Waals surface area contributed by atoms with Crippen LogP contribution in [0.1, 0.15) is 15.2 Å². The molecular formula is C14H11N4O5S-. The highest BCUT2D eigenvalue weighted by molar-refractivity contribution is 7.12. The normalized spacial score (nSPS) is 10.5. The first-order valence-electron chi connectivity index (χ1n) is 6.56. The number of hydrogen-bond donors (Lipinski definition) is 2. The second-order valence-corrected chi connectivity index (χ2v) is 5.39. The lowest BCUT2D eigenvalue weighted by Crippen LogP contribution is -2.34. The van der Waals surface area contributed by atoms with Crippen molar-refractivity contribution < 1.29 is 19.6 Å². The highest BCUT2D eigenvalue weighted by Gasteiger charge is 2.09. The molecule has 0 saturated carbocycles. The van der Waals surface area contributed by atoms with Crippen molar-refractivity contribution in [1.29, 1.82) is 0 Å². The highest BCUT2D eigenvalue weighted by Crippen LogP contribution is 2.22. The number of amides is 2. The molecule has 124 valence electrons. The minimum Gasteiger partial charge on any atom is -0.868 e. The summed E-state index contributed by atoms with van der Waals surface area (Å²) in [4.78, 5) is 33.5. The minimum absolute atomic E-state index is 0.270. The minimum atomic E-state index is -0.793. The van der Waals surface area contributed by atoms with E-state index < -0.39 is 22.3 Å². The number of nitrogens with zero attached hydrogens (tertiary/aromatic N) is 2. The molecule has 2 amide bonds. The van der Waals surface area contributed by atoms with Crippen molar-refractivity contribution in [3.8, 4) is 5.75 Å². The Morgan fingerprint density at radius 3 is 2.79 bits per heavy atom. The molecule has 1 heterocycles. The van der Waals surface area contributed by atoms with E-state index in [0.29, 0.717) is 4.88 Å². The monoisotopic (exact) mass is 347 g/mol. The number of nitrogens with one attached hydrogen (secondary N) is 2. The average Bonchev–Trinajstić information content (AvgIpc) is 3.08. The molecule has 2 N–H and O–H groups in total. The van der Waals surface area contributed by atoms with E-state index in [1.165, 1.54) is 17.4 Å². The average molecular weight is 347 g/mol. The molecule has 0 spiro atoms. The Kier molecular flexibility index (Phi) is 5.58. The van der Waals surface area contributed by atoms with Crippen molar-refractivity contribution in [2.75, 3.05) is 6.54 Å². The third kappa shape index (κ3) is 4.61. The van der Waals surface area contributed by atoms with Gasteiger partial charge < -0.3 is 10.4 Å². The fourth-order valence-corrected chi connectivity index (χ4v) is 2.27. The molecule has 9 nitrogen and oxygen atoms in total. The van der Waals surface area contributed by atoms with Crippen LogP contribution in [0.5, 0.6) is 5.75 Å². The summed E-state index contributed by atoms with van der Waals surface area (Å²) in [6, 6.07) is 6.78. The van der Waals surface area contributed by atoms with E-state index >= 15 is 0 Å². The lowest BCUT2D eigenvalue weighted by molar-refractivity contribution is -0.398. The zero-order chi connectivity index (χ0) is 17.5. The standard InChI is InChI=1S/C14H12N4O5S/c19-11-4-3-9(6-10(11)18(22)23)7-16-17-13(20)8-15-14(21)12-2-1-5-24-12/h1-7,19H,8H2,(H,15,21)(H,17,20)/p-1/b16-7-. The lowest BCUT2D eigenvalue weighted by atomic mass is 10.2. The third-order valence-corrected chi connectivity index (χ3v) is 3.61. The number of nitro groups is 1. The molecule has 10 heteroatoms. The zero-order valence-corrected chi connectivity index (χ0v) is 12.9. The Morgan fingerprint density at radius 1 is 1.33 bits per heavy atom. The van der Waals surface area contributed by atoms with Gasteiger partial charge in [-0.05, 0) is 17.2 Å². The fourth-order valence-electron chi connectivity index (χ4n) is 1.63. The molecule has 1 aromatic heterocycles. The van der Waals surface area contributed by atoms with Gasteiger partial charge >= 0.3 is 0 Å². The van der Waals surface area contributed by atoms with E-state index in [9.17, 15) is 24.8 Å². The summed E-state index contributed by atoms with van der Waals surface area (Å²) < 4.78 is 0. The number of hydrazone groups is 1. The molecule has 2 aromatic rings. The first-order valence-corrected chi connectivity index (χ1v) is 7.44. The molecule has 0 radical (unpaired) electrons. The van der Waals surface area contributed by atoms with Crippen LogP contribution >= 0.6 is 11.3 Å². The highest BCUT2D eigenvalue weighted by atomic mass is 32.1. The smallest absolute Gasteiger partial charge is 0.262 e. The first kappa shape index (κ1) is 17.1. The van der Waals surface area contributed by atoms with E-state index in [1.807, 2.05) is 0 Å². The predicted molar refractivity (Wildman–Crippen MR) is 84.9 cm³/mol. The summed E-state index contributed by atoms with van der Waals surface area (Å²) >= 11 is 1.25. The summed E-state index contributed by atoms with van der Waals surface area (Å²) in [5.41, 5.74) is 1.87. The van der Waals surface area contributed by atoms with E-state index in [1.54, 1.807) is 17.5 Å². The molecular weight excluding hydrogens is 336 g/mol. The van der Waals surface area contributed by atoms with Crippen LogP contribution < -0.4 is 15.8 Å². The Bertz CT molecular complexity index is 788. The Hall–Kier alpha value is -3.27. The molecule has 0 aliphatic heterocycles. The van der Waals surface area contributed by atoms with E-state index in [0.717, 1.165) is 18.3 Å². The molecule has 0 bridgehead atoms. The molecule has 0 saturated heterocycles. The molecule has 0 unspecified atom stereocenters. The maximum absolute atomic E-state index is 11.6. The Balaban J connectivity index is 1.85. The van der Waals surface area contributed by atoms with Crippen LogP contribution in [-0.2, 0) is 4.79 Å². The second kappa shape index (κ2) is 7.83. The van der Waals surface area contributed by atoms with Gasteiger partial charge in [-0.25, -0.2) is 5.43 Å². The number of carbonyl (C=O) groups is 2. The van der Waals surface area contributed by atoms with Gasteiger partial charge in [-0.3, -0.25) is 19.7 Å². The Morgan fingerprint density at radius 2 is 2.12 bits per heavy atom. The number of hydrogen-bond acceptors (Lipinski definition) is 7. The summed E-state index contributed by atoms with van der Waals surface area (Å²) in [6.45, 7) is -0.270. The van der Waals surface area contributed by atoms with Crippen molar-refractivity contribution in [3.05, 3.63) is 56.3 Å². The quantitative estimate of drug-likeness (QED) is 0.448. The van der Waals surface area contributed by atoms with Crippen molar-refractivity contribution in [2.24, 2.45) is 5.10 Å². The molecule has 24 heavy (non-hydrogen) atoms. The molecule has 0 atom stereocenters. The fraction of sp³-hybridized carbons (Fsp3) is 0.0714. The van der Waals surface area contributed by atoms with Crippen LogP contribution in [0.3, 0.4) is 0 Å².